The van der Waals surface area contributed by atoms with Gasteiger partial charge >= 0.3 is 0 Å². The second-order valence-electron chi connectivity index (χ2n) is 5.60. The third kappa shape index (κ3) is 3.67. The number of guanidine groups is 1. The fourth-order valence-corrected chi connectivity index (χ4v) is 2.78. The zero-order valence-electron chi connectivity index (χ0n) is 12.7. The SMILES string of the molecule is CN1CCCN=C1NCc1cccc(N2CCOCC2)c1. The fourth-order valence-electron chi connectivity index (χ4n) is 2.78. The molecule has 0 atom stereocenters. The zero-order valence-corrected chi connectivity index (χ0v) is 12.7. The van der Waals surface area contributed by atoms with Gasteiger partial charge in [0.05, 0.1) is 13.2 Å². The maximum absolute atomic E-state index is 5.41. The number of ether oxygens (including phenoxy) is 1. The van der Waals surface area contributed by atoms with Crippen LogP contribution < -0.4 is 10.2 Å². The van der Waals surface area contributed by atoms with E-state index in [0.717, 1.165) is 58.3 Å². The summed E-state index contributed by atoms with van der Waals surface area (Å²) >= 11 is 0. The molecule has 0 aliphatic carbocycles. The van der Waals surface area contributed by atoms with Crippen LogP contribution in [-0.4, -0.2) is 57.3 Å². The van der Waals surface area contributed by atoms with E-state index in [1.165, 1.54) is 11.3 Å². The minimum absolute atomic E-state index is 0.821. The second-order valence-corrected chi connectivity index (χ2v) is 5.60. The molecular formula is C16H24N4O. The first kappa shape index (κ1) is 14.2. The number of nitrogens with zero attached hydrogens (tertiary/aromatic N) is 3. The molecule has 2 aliphatic rings. The Bertz CT molecular complexity index is 497. The van der Waals surface area contributed by atoms with Gasteiger partial charge in [-0.1, -0.05) is 12.1 Å². The van der Waals surface area contributed by atoms with Crippen molar-refractivity contribution in [2.45, 2.75) is 13.0 Å². The molecule has 5 heteroatoms. The Morgan fingerprint density at radius 3 is 2.90 bits per heavy atom. The molecule has 1 aromatic carbocycles. The van der Waals surface area contributed by atoms with Crippen LogP contribution in [0.1, 0.15) is 12.0 Å². The van der Waals surface area contributed by atoms with Gasteiger partial charge < -0.3 is 19.9 Å². The van der Waals surface area contributed by atoms with Gasteiger partial charge in [-0.2, -0.15) is 0 Å². The quantitative estimate of drug-likeness (QED) is 0.910. The van der Waals surface area contributed by atoms with E-state index in [9.17, 15) is 0 Å². The molecule has 0 radical (unpaired) electrons. The van der Waals surface area contributed by atoms with Crippen LogP contribution in [0.25, 0.3) is 0 Å². The number of rotatable bonds is 3. The summed E-state index contributed by atoms with van der Waals surface area (Å²) in [7, 11) is 2.09. The molecule has 1 N–H and O–H groups in total. The largest absolute Gasteiger partial charge is 0.378 e. The smallest absolute Gasteiger partial charge is 0.193 e. The average molecular weight is 288 g/mol. The van der Waals surface area contributed by atoms with E-state index < -0.39 is 0 Å². The van der Waals surface area contributed by atoms with Gasteiger partial charge in [-0.3, -0.25) is 4.99 Å². The van der Waals surface area contributed by atoms with E-state index in [1.807, 2.05) is 0 Å². The van der Waals surface area contributed by atoms with Crippen molar-refractivity contribution in [1.29, 1.82) is 0 Å². The second kappa shape index (κ2) is 6.80. The molecule has 1 aromatic rings. The molecule has 0 aromatic heterocycles. The number of morpholine rings is 1. The minimum atomic E-state index is 0.821. The van der Waals surface area contributed by atoms with Crippen LogP contribution in [0.5, 0.6) is 0 Å². The molecule has 114 valence electrons. The fraction of sp³-hybridized carbons (Fsp3) is 0.562. The lowest BCUT2D eigenvalue weighted by Crippen LogP contribution is -2.41. The number of anilines is 1. The lowest BCUT2D eigenvalue weighted by Gasteiger charge is -2.29. The van der Waals surface area contributed by atoms with Gasteiger partial charge in [0.25, 0.3) is 0 Å². The summed E-state index contributed by atoms with van der Waals surface area (Å²) in [5, 5.41) is 3.45. The first-order valence-corrected chi connectivity index (χ1v) is 7.74. The van der Waals surface area contributed by atoms with Crippen molar-refractivity contribution in [1.82, 2.24) is 10.2 Å². The van der Waals surface area contributed by atoms with Crippen LogP contribution >= 0.6 is 0 Å². The predicted molar refractivity (Wildman–Crippen MR) is 85.9 cm³/mol. The highest BCUT2D eigenvalue weighted by Crippen LogP contribution is 2.17. The molecule has 1 fully saturated rings. The summed E-state index contributed by atoms with van der Waals surface area (Å²) in [6, 6.07) is 8.75. The van der Waals surface area contributed by atoms with Gasteiger partial charge in [-0.25, -0.2) is 0 Å². The highest BCUT2D eigenvalue weighted by atomic mass is 16.5. The summed E-state index contributed by atoms with van der Waals surface area (Å²) in [6.45, 7) is 6.44. The number of aliphatic imine (C=N–C) groups is 1. The van der Waals surface area contributed by atoms with Crippen molar-refractivity contribution in [3.8, 4) is 0 Å². The van der Waals surface area contributed by atoms with Gasteiger partial charge in [-0.05, 0) is 24.1 Å². The molecule has 0 amide bonds. The van der Waals surface area contributed by atoms with Crippen LogP contribution in [0.4, 0.5) is 5.69 Å². The van der Waals surface area contributed by atoms with Crippen molar-refractivity contribution in [3.05, 3.63) is 29.8 Å². The van der Waals surface area contributed by atoms with Gasteiger partial charge in [0.15, 0.2) is 5.96 Å². The Morgan fingerprint density at radius 2 is 2.10 bits per heavy atom. The molecule has 0 spiro atoms. The Labute approximate surface area is 126 Å². The van der Waals surface area contributed by atoms with Crippen molar-refractivity contribution < 1.29 is 4.74 Å². The van der Waals surface area contributed by atoms with Gasteiger partial charge in [0.2, 0.25) is 0 Å². The molecule has 3 rings (SSSR count). The van der Waals surface area contributed by atoms with E-state index in [4.69, 9.17) is 4.74 Å². The van der Waals surface area contributed by atoms with Crippen molar-refractivity contribution >= 4 is 11.6 Å². The first-order valence-electron chi connectivity index (χ1n) is 7.74. The maximum atomic E-state index is 5.41. The van der Waals surface area contributed by atoms with Gasteiger partial charge in [0, 0.05) is 45.5 Å². The molecular weight excluding hydrogens is 264 g/mol. The van der Waals surface area contributed by atoms with E-state index in [-0.39, 0.29) is 0 Å². The molecule has 0 saturated carbocycles. The van der Waals surface area contributed by atoms with E-state index in [2.05, 4.69) is 51.4 Å². The molecule has 0 unspecified atom stereocenters. The van der Waals surface area contributed by atoms with E-state index >= 15 is 0 Å². The molecule has 1 saturated heterocycles. The predicted octanol–water partition coefficient (Wildman–Crippen LogP) is 1.30. The maximum Gasteiger partial charge on any atom is 0.193 e. The Hall–Kier alpha value is -1.75. The Balaban J connectivity index is 1.61. The molecule has 2 aliphatic heterocycles. The van der Waals surface area contributed by atoms with Crippen molar-refractivity contribution in [2.75, 3.05) is 51.3 Å². The molecule has 5 nitrogen and oxygen atoms in total. The van der Waals surface area contributed by atoms with Crippen LogP contribution in [0.3, 0.4) is 0 Å². The highest BCUT2D eigenvalue weighted by Gasteiger charge is 2.12. The average Bonchev–Trinajstić information content (AvgIpc) is 2.55. The van der Waals surface area contributed by atoms with Crippen molar-refractivity contribution in [2.24, 2.45) is 4.99 Å². The standard InChI is InChI=1S/C16H24N4O/c1-19-7-3-6-17-16(19)18-13-14-4-2-5-15(12-14)20-8-10-21-11-9-20/h2,4-5,12H,3,6-11,13H2,1H3,(H,17,18). The molecule has 2 heterocycles. The van der Waals surface area contributed by atoms with Gasteiger partial charge in [0.1, 0.15) is 0 Å². The third-order valence-corrected chi connectivity index (χ3v) is 4.01. The Morgan fingerprint density at radius 1 is 1.24 bits per heavy atom. The van der Waals surface area contributed by atoms with Gasteiger partial charge in [-0.15, -0.1) is 0 Å². The summed E-state index contributed by atoms with van der Waals surface area (Å²) in [6.07, 6.45) is 1.15. The topological polar surface area (TPSA) is 40.1 Å². The number of hydrogen-bond acceptors (Lipinski definition) is 5. The summed E-state index contributed by atoms with van der Waals surface area (Å²) in [5.74, 6) is 1.01. The number of benzene rings is 1. The van der Waals surface area contributed by atoms with E-state index in [0.29, 0.717) is 0 Å². The zero-order chi connectivity index (χ0) is 14.5. The summed E-state index contributed by atoms with van der Waals surface area (Å²) in [4.78, 5) is 9.12. The normalized spacial score (nSPS) is 19.4. The lowest BCUT2D eigenvalue weighted by molar-refractivity contribution is 0.122. The lowest BCUT2D eigenvalue weighted by atomic mass is 10.2. The number of nitrogens with one attached hydrogen (secondary N) is 1. The van der Waals surface area contributed by atoms with Crippen LogP contribution in [0, 0.1) is 0 Å². The van der Waals surface area contributed by atoms with Crippen LogP contribution in [0.15, 0.2) is 29.3 Å². The van der Waals surface area contributed by atoms with Crippen LogP contribution in [0.2, 0.25) is 0 Å². The molecule has 21 heavy (non-hydrogen) atoms. The molecule has 0 bridgehead atoms. The first-order chi connectivity index (χ1) is 10.3. The third-order valence-electron chi connectivity index (χ3n) is 4.01. The minimum Gasteiger partial charge on any atom is -0.378 e. The summed E-state index contributed by atoms with van der Waals surface area (Å²) in [5.41, 5.74) is 2.58. The highest BCUT2D eigenvalue weighted by molar-refractivity contribution is 5.80. The van der Waals surface area contributed by atoms with Crippen LogP contribution in [-0.2, 0) is 11.3 Å². The Kier molecular flexibility index (Phi) is 4.60. The van der Waals surface area contributed by atoms with E-state index in [1.54, 1.807) is 0 Å². The summed E-state index contributed by atoms with van der Waals surface area (Å²) < 4.78 is 5.41. The van der Waals surface area contributed by atoms with Crippen molar-refractivity contribution in [3.63, 3.8) is 0 Å². The monoisotopic (exact) mass is 288 g/mol. The number of hydrogen-bond donors (Lipinski definition) is 1.